The summed E-state index contributed by atoms with van der Waals surface area (Å²) in [5.74, 6) is 0.263. The molecular weight excluding hydrogens is 230 g/mol. The second-order valence-corrected chi connectivity index (χ2v) is 5.60. The first-order chi connectivity index (χ1) is 8.52. The maximum Gasteiger partial charge on any atom is 0.226 e. The van der Waals surface area contributed by atoms with E-state index in [1.807, 2.05) is 20.8 Å². The van der Waals surface area contributed by atoms with Crippen molar-refractivity contribution >= 4 is 5.91 Å². The summed E-state index contributed by atoms with van der Waals surface area (Å²) in [4.78, 5) is 12.2. The zero-order valence-electron chi connectivity index (χ0n) is 11.9. The van der Waals surface area contributed by atoms with Crippen molar-refractivity contribution in [2.45, 2.75) is 52.6 Å². The minimum Gasteiger partial charge on any atom is -0.391 e. The van der Waals surface area contributed by atoms with Crippen molar-refractivity contribution in [3.05, 3.63) is 0 Å². The van der Waals surface area contributed by atoms with Crippen LogP contribution in [-0.2, 0) is 9.53 Å². The van der Waals surface area contributed by atoms with E-state index in [0.29, 0.717) is 19.8 Å². The largest absolute Gasteiger partial charge is 0.391 e. The summed E-state index contributed by atoms with van der Waals surface area (Å²) in [5.41, 5.74) is -0.230. The molecule has 0 saturated heterocycles. The number of aliphatic hydroxyl groups excluding tert-OH is 1. The van der Waals surface area contributed by atoms with Crippen LogP contribution in [0.3, 0.4) is 0 Å². The summed E-state index contributed by atoms with van der Waals surface area (Å²) in [6.45, 7) is 7.57. The molecule has 1 fully saturated rings. The van der Waals surface area contributed by atoms with Gasteiger partial charge in [0.05, 0.1) is 11.5 Å². The first-order valence-electron chi connectivity index (χ1n) is 7.06. The summed E-state index contributed by atoms with van der Waals surface area (Å²) in [5, 5.41) is 12.6. The van der Waals surface area contributed by atoms with E-state index < -0.39 is 6.10 Å². The highest BCUT2D eigenvalue weighted by Crippen LogP contribution is 2.44. The fraction of sp³-hybridized carbons (Fsp3) is 0.929. The number of nitrogens with one attached hydrogen (secondary N) is 1. The van der Waals surface area contributed by atoms with Crippen molar-refractivity contribution < 1.29 is 14.6 Å². The average Bonchev–Trinajstić information content (AvgIpc) is 2.28. The van der Waals surface area contributed by atoms with Crippen LogP contribution in [0.2, 0.25) is 0 Å². The minimum absolute atomic E-state index is 0.0909. The zero-order valence-corrected chi connectivity index (χ0v) is 11.9. The molecule has 1 aliphatic rings. The normalized spacial score (nSPS) is 19.4. The molecule has 0 radical (unpaired) electrons. The van der Waals surface area contributed by atoms with E-state index >= 15 is 0 Å². The third-order valence-corrected chi connectivity index (χ3v) is 3.96. The highest BCUT2D eigenvalue weighted by Gasteiger charge is 2.43. The van der Waals surface area contributed by atoms with Crippen LogP contribution in [0, 0.1) is 11.3 Å². The summed E-state index contributed by atoms with van der Waals surface area (Å²) >= 11 is 0. The molecule has 2 N–H and O–H groups in total. The molecule has 0 spiro atoms. The molecule has 106 valence electrons. The third kappa shape index (κ3) is 3.95. The average molecular weight is 257 g/mol. The van der Waals surface area contributed by atoms with E-state index in [1.165, 1.54) is 0 Å². The maximum absolute atomic E-state index is 12.2. The monoisotopic (exact) mass is 257 g/mol. The van der Waals surface area contributed by atoms with Crippen LogP contribution in [0.1, 0.15) is 46.5 Å². The molecule has 18 heavy (non-hydrogen) atoms. The fourth-order valence-electron chi connectivity index (χ4n) is 2.23. The minimum atomic E-state index is -0.460. The van der Waals surface area contributed by atoms with Crippen LogP contribution in [0.4, 0.5) is 0 Å². The fourth-order valence-corrected chi connectivity index (χ4v) is 2.23. The van der Waals surface area contributed by atoms with Crippen molar-refractivity contribution in [3.63, 3.8) is 0 Å². The van der Waals surface area contributed by atoms with E-state index in [1.54, 1.807) is 0 Å². The van der Waals surface area contributed by atoms with Gasteiger partial charge in [-0.05, 0) is 32.1 Å². The van der Waals surface area contributed by atoms with Gasteiger partial charge >= 0.3 is 0 Å². The van der Waals surface area contributed by atoms with Crippen molar-refractivity contribution in [3.8, 4) is 0 Å². The lowest BCUT2D eigenvalue weighted by Gasteiger charge is -2.40. The van der Waals surface area contributed by atoms with E-state index in [-0.39, 0.29) is 17.2 Å². The predicted octanol–water partition coefficient (Wildman–Crippen LogP) is 1.72. The van der Waals surface area contributed by atoms with Crippen LogP contribution in [0.15, 0.2) is 0 Å². The number of hydrogen-bond donors (Lipinski definition) is 2. The lowest BCUT2D eigenvalue weighted by Crippen LogP contribution is -2.48. The van der Waals surface area contributed by atoms with Gasteiger partial charge in [0.25, 0.3) is 0 Å². The Bertz CT molecular complexity index is 262. The molecule has 4 heteroatoms. The highest BCUT2D eigenvalue weighted by atomic mass is 16.5. The molecule has 0 bridgehead atoms. The van der Waals surface area contributed by atoms with Crippen molar-refractivity contribution in [2.75, 3.05) is 19.8 Å². The van der Waals surface area contributed by atoms with E-state index in [4.69, 9.17) is 4.74 Å². The Morgan fingerprint density at radius 1 is 1.44 bits per heavy atom. The van der Waals surface area contributed by atoms with Crippen LogP contribution in [0.5, 0.6) is 0 Å². The Morgan fingerprint density at radius 3 is 2.56 bits per heavy atom. The molecule has 0 aromatic carbocycles. The number of carbonyl (C=O) groups is 1. The molecule has 1 aliphatic carbocycles. The third-order valence-electron chi connectivity index (χ3n) is 3.96. The number of carbonyl (C=O) groups excluding carboxylic acids is 1. The summed E-state index contributed by atoms with van der Waals surface area (Å²) < 4.78 is 5.35. The van der Waals surface area contributed by atoms with Gasteiger partial charge < -0.3 is 15.2 Å². The van der Waals surface area contributed by atoms with Crippen LogP contribution < -0.4 is 5.32 Å². The molecule has 0 heterocycles. The number of amides is 1. The first kappa shape index (κ1) is 15.4. The standard InChI is InChI=1S/C14H27NO3/c1-4-18-9-8-14(6-5-7-14)13(17)15-10-12(16)11(2)3/h11-12,16H,4-10H2,1-3H3,(H,15,17). The Hall–Kier alpha value is -0.610. The van der Waals surface area contributed by atoms with Crippen molar-refractivity contribution in [1.82, 2.24) is 5.32 Å². The zero-order chi connectivity index (χ0) is 13.6. The summed E-state index contributed by atoms with van der Waals surface area (Å²) in [7, 11) is 0. The van der Waals surface area contributed by atoms with E-state index in [9.17, 15) is 9.90 Å². The van der Waals surface area contributed by atoms with Gasteiger partial charge in [-0.2, -0.15) is 0 Å². The Kier molecular flexibility index (Phi) is 6.09. The van der Waals surface area contributed by atoms with E-state index in [0.717, 1.165) is 25.7 Å². The molecule has 1 saturated carbocycles. The topological polar surface area (TPSA) is 58.6 Å². The molecule has 1 rings (SSSR count). The van der Waals surface area contributed by atoms with Crippen LogP contribution >= 0.6 is 0 Å². The predicted molar refractivity (Wildman–Crippen MR) is 71.2 cm³/mol. The van der Waals surface area contributed by atoms with Crippen molar-refractivity contribution in [2.24, 2.45) is 11.3 Å². The number of hydrogen-bond acceptors (Lipinski definition) is 3. The van der Waals surface area contributed by atoms with Gasteiger partial charge in [-0.15, -0.1) is 0 Å². The molecule has 4 nitrogen and oxygen atoms in total. The molecule has 0 aliphatic heterocycles. The molecule has 0 aromatic heterocycles. The van der Waals surface area contributed by atoms with Crippen LogP contribution in [-0.4, -0.2) is 36.9 Å². The van der Waals surface area contributed by atoms with Crippen molar-refractivity contribution in [1.29, 1.82) is 0 Å². The Balaban J connectivity index is 2.37. The quantitative estimate of drug-likeness (QED) is 0.651. The molecule has 1 unspecified atom stereocenters. The van der Waals surface area contributed by atoms with Gasteiger partial charge in [0.15, 0.2) is 0 Å². The lowest BCUT2D eigenvalue weighted by atomic mass is 9.66. The van der Waals surface area contributed by atoms with Gasteiger partial charge in [0.2, 0.25) is 5.91 Å². The maximum atomic E-state index is 12.2. The molecule has 1 atom stereocenters. The number of ether oxygens (including phenoxy) is 1. The summed E-state index contributed by atoms with van der Waals surface area (Å²) in [6.07, 6.45) is 3.35. The number of rotatable bonds is 8. The first-order valence-corrected chi connectivity index (χ1v) is 7.06. The molecule has 1 amide bonds. The van der Waals surface area contributed by atoms with Gasteiger partial charge in [0, 0.05) is 19.8 Å². The number of aliphatic hydroxyl groups is 1. The van der Waals surface area contributed by atoms with Gasteiger partial charge in [0.1, 0.15) is 0 Å². The molecule has 0 aromatic rings. The second-order valence-electron chi connectivity index (χ2n) is 5.60. The van der Waals surface area contributed by atoms with Crippen LogP contribution in [0.25, 0.3) is 0 Å². The SMILES string of the molecule is CCOCCC1(C(=O)NCC(O)C(C)C)CCC1. The van der Waals surface area contributed by atoms with Gasteiger partial charge in [-0.3, -0.25) is 4.79 Å². The highest BCUT2D eigenvalue weighted by molar-refractivity contribution is 5.83. The smallest absolute Gasteiger partial charge is 0.226 e. The Labute approximate surface area is 110 Å². The second kappa shape index (κ2) is 7.10. The van der Waals surface area contributed by atoms with Gasteiger partial charge in [-0.25, -0.2) is 0 Å². The molecular formula is C14H27NO3. The van der Waals surface area contributed by atoms with Gasteiger partial charge in [-0.1, -0.05) is 20.3 Å². The van der Waals surface area contributed by atoms with E-state index in [2.05, 4.69) is 5.32 Å². The Morgan fingerprint density at radius 2 is 2.11 bits per heavy atom. The lowest BCUT2D eigenvalue weighted by molar-refractivity contribution is -0.138. The summed E-state index contributed by atoms with van der Waals surface area (Å²) in [6, 6.07) is 0.